The number of nitrogens with zero attached hydrogens (tertiary/aromatic N) is 2. The maximum Gasteiger partial charge on any atom is 0.311 e. The fraction of sp³-hybridized carbons (Fsp3) is 0.211. The van der Waals surface area contributed by atoms with Gasteiger partial charge in [0.05, 0.1) is 13.0 Å². The molecule has 126 valence electrons. The van der Waals surface area contributed by atoms with Gasteiger partial charge in [-0.3, -0.25) is 9.59 Å². The van der Waals surface area contributed by atoms with Crippen LogP contribution in [0.3, 0.4) is 0 Å². The second-order valence-corrected chi connectivity index (χ2v) is 5.97. The number of fused-ring (bicyclic) bond motifs is 1. The van der Waals surface area contributed by atoms with Gasteiger partial charge < -0.3 is 14.1 Å². The van der Waals surface area contributed by atoms with Crippen LogP contribution >= 0.6 is 0 Å². The average molecular weight is 336 g/mol. The molecule has 4 rings (SSSR count). The molecule has 1 aromatic heterocycles. The zero-order chi connectivity index (χ0) is 17.4. The summed E-state index contributed by atoms with van der Waals surface area (Å²) in [5.41, 5.74) is 2.92. The van der Waals surface area contributed by atoms with E-state index < -0.39 is 5.92 Å². The summed E-state index contributed by atoms with van der Waals surface area (Å²) < 4.78 is 10.5. The normalized spacial score (nSPS) is 17.2. The first kappa shape index (κ1) is 15.4. The molecule has 3 aromatic rings. The Morgan fingerprint density at radius 1 is 1.24 bits per heavy atom. The Bertz CT molecular complexity index is 948. The minimum atomic E-state index is -0.426. The Morgan fingerprint density at radius 2 is 2.04 bits per heavy atom. The third-order valence-corrected chi connectivity index (χ3v) is 4.36. The third-order valence-electron chi connectivity index (χ3n) is 4.36. The first-order valence-electron chi connectivity index (χ1n) is 8.00. The Hall–Kier alpha value is -3.15. The number of hydrogen-bond acceptors (Lipinski definition) is 5. The highest BCUT2D eigenvalue weighted by molar-refractivity contribution is 6.00. The van der Waals surface area contributed by atoms with Crippen molar-refractivity contribution in [3.63, 3.8) is 0 Å². The third kappa shape index (κ3) is 2.76. The van der Waals surface area contributed by atoms with E-state index in [2.05, 4.69) is 4.98 Å². The van der Waals surface area contributed by atoms with Crippen molar-refractivity contribution in [3.8, 4) is 11.5 Å². The molecule has 0 bridgehead atoms. The summed E-state index contributed by atoms with van der Waals surface area (Å²) in [6.45, 7) is 0.320. The van der Waals surface area contributed by atoms with Crippen molar-refractivity contribution in [3.05, 3.63) is 48.5 Å². The summed E-state index contributed by atoms with van der Waals surface area (Å²) in [5, 5.41) is 0. The van der Waals surface area contributed by atoms with Crippen LogP contribution in [0.1, 0.15) is 6.42 Å². The van der Waals surface area contributed by atoms with E-state index >= 15 is 0 Å². The lowest BCUT2D eigenvalue weighted by molar-refractivity contribution is -0.145. The van der Waals surface area contributed by atoms with E-state index in [1.165, 1.54) is 7.11 Å². The van der Waals surface area contributed by atoms with E-state index in [9.17, 15) is 9.59 Å². The number of methoxy groups -OCH3 is 1. The number of ether oxygens (including phenoxy) is 1. The summed E-state index contributed by atoms with van der Waals surface area (Å²) in [7, 11) is 1.34. The molecule has 0 aliphatic carbocycles. The monoisotopic (exact) mass is 336 g/mol. The molecule has 0 spiro atoms. The van der Waals surface area contributed by atoms with E-state index in [0.29, 0.717) is 29.2 Å². The second-order valence-electron chi connectivity index (χ2n) is 5.97. The highest BCUT2D eigenvalue weighted by atomic mass is 16.5. The number of benzene rings is 2. The maximum absolute atomic E-state index is 12.2. The van der Waals surface area contributed by atoms with Crippen molar-refractivity contribution >= 4 is 28.7 Å². The molecule has 6 nitrogen and oxygen atoms in total. The minimum Gasteiger partial charge on any atom is -0.469 e. The zero-order valence-electron chi connectivity index (χ0n) is 13.6. The van der Waals surface area contributed by atoms with E-state index in [4.69, 9.17) is 9.15 Å². The zero-order valence-corrected chi connectivity index (χ0v) is 13.6. The van der Waals surface area contributed by atoms with Crippen LogP contribution in [-0.4, -0.2) is 30.5 Å². The number of anilines is 1. The van der Waals surface area contributed by atoms with Crippen molar-refractivity contribution in [2.45, 2.75) is 6.42 Å². The topological polar surface area (TPSA) is 72.6 Å². The lowest BCUT2D eigenvalue weighted by atomic mass is 10.1. The Balaban J connectivity index is 1.66. The SMILES string of the molecule is COC(=O)C1CC(=O)N(c2ccc3oc(-c4ccccc4)nc3c2)C1. The fourth-order valence-electron chi connectivity index (χ4n) is 3.07. The number of esters is 1. The van der Waals surface area contributed by atoms with Gasteiger partial charge >= 0.3 is 5.97 Å². The van der Waals surface area contributed by atoms with Gasteiger partial charge in [-0.2, -0.15) is 0 Å². The largest absolute Gasteiger partial charge is 0.469 e. The van der Waals surface area contributed by atoms with Gasteiger partial charge in [0.2, 0.25) is 11.8 Å². The van der Waals surface area contributed by atoms with Crippen molar-refractivity contribution in [2.24, 2.45) is 5.92 Å². The number of carbonyl (C=O) groups is 2. The lowest BCUT2D eigenvalue weighted by Crippen LogP contribution is -2.26. The van der Waals surface area contributed by atoms with Gasteiger partial charge in [-0.1, -0.05) is 18.2 Å². The van der Waals surface area contributed by atoms with Crippen LogP contribution in [0.25, 0.3) is 22.6 Å². The molecule has 1 atom stereocenters. The minimum absolute atomic E-state index is 0.0958. The molecule has 1 saturated heterocycles. The number of aromatic nitrogens is 1. The van der Waals surface area contributed by atoms with E-state index in [1.54, 1.807) is 17.0 Å². The molecule has 1 aliphatic heterocycles. The molecular weight excluding hydrogens is 320 g/mol. The number of rotatable bonds is 3. The highest BCUT2D eigenvalue weighted by Gasteiger charge is 2.36. The summed E-state index contributed by atoms with van der Waals surface area (Å²) in [6, 6.07) is 15.0. The second kappa shape index (κ2) is 6.05. The van der Waals surface area contributed by atoms with Crippen molar-refractivity contribution < 1.29 is 18.7 Å². The van der Waals surface area contributed by atoms with Gasteiger partial charge in [0.15, 0.2) is 5.58 Å². The predicted molar refractivity (Wildman–Crippen MR) is 91.9 cm³/mol. The van der Waals surface area contributed by atoms with Crippen LogP contribution in [0.2, 0.25) is 0 Å². The molecule has 0 saturated carbocycles. The molecule has 2 aromatic carbocycles. The molecule has 1 unspecified atom stereocenters. The van der Waals surface area contributed by atoms with Gasteiger partial charge in [0.1, 0.15) is 5.52 Å². The molecule has 1 fully saturated rings. The molecule has 1 amide bonds. The number of hydrogen-bond donors (Lipinski definition) is 0. The molecule has 0 radical (unpaired) electrons. The standard InChI is InChI=1S/C19H16N2O4/c1-24-19(23)13-9-17(22)21(11-13)14-7-8-16-15(10-14)20-18(25-16)12-5-3-2-4-6-12/h2-8,10,13H,9,11H2,1H3. The maximum atomic E-state index is 12.2. The highest BCUT2D eigenvalue weighted by Crippen LogP contribution is 2.30. The molecule has 6 heteroatoms. The summed E-state index contributed by atoms with van der Waals surface area (Å²) in [6.07, 6.45) is 0.165. The quantitative estimate of drug-likeness (QED) is 0.688. The van der Waals surface area contributed by atoms with Crippen molar-refractivity contribution in [2.75, 3.05) is 18.6 Å². The van der Waals surface area contributed by atoms with Gasteiger partial charge in [-0.05, 0) is 30.3 Å². The Kier molecular flexibility index (Phi) is 3.72. The number of carbonyl (C=O) groups excluding carboxylic acids is 2. The number of oxazole rings is 1. The predicted octanol–water partition coefficient (Wildman–Crippen LogP) is 3.02. The Labute approximate surface area is 144 Å². The first-order chi connectivity index (χ1) is 12.2. The van der Waals surface area contributed by atoms with Gasteiger partial charge in [-0.15, -0.1) is 0 Å². The summed E-state index contributed by atoms with van der Waals surface area (Å²) >= 11 is 0. The van der Waals surface area contributed by atoms with Crippen LogP contribution < -0.4 is 4.90 Å². The molecular formula is C19H16N2O4. The lowest BCUT2D eigenvalue weighted by Gasteiger charge is -2.16. The first-order valence-corrected chi connectivity index (χ1v) is 8.00. The van der Waals surface area contributed by atoms with Crippen molar-refractivity contribution in [1.29, 1.82) is 0 Å². The average Bonchev–Trinajstić information content (AvgIpc) is 3.24. The van der Waals surface area contributed by atoms with Gasteiger partial charge in [0, 0.05) is 24.2 Å². The van der Waals surface area contributed by atoms with Gasteiger partial charge in [-0.25, -0.2) is 4.98 Å². The Morgan fingerprint density at radius 3 is 2.80 bits per heavy atom. The number of amides is 1. The van der Waals surface area contributed by atoms with Crippen molar-refractivity contribution in [1.82, 2.24) is 4.98 Å². The summed E-state index contributed by atoms with van der Waals surface area (Å²) in [4.78, 5) is 30.0. The summed E-state index contributed by atoms with van der Waals surface area (Å²) in [5.74, 6) is -0.343. The fourth-order valence-corrected chi connectivity index (χ4v) is 3.07. The molecule has 1 aliphatic rings. The van der Waals surface area contributed by atoms with Crippen LogP contribution in [0.4, 0.5) is 5.69 Å². The van der Waals surface area contributed by atoms with Crippen LogP contribution in [-0.2, 0) is 14.3 Å². The van der Waals surface area contributed by atoms with Crippen LogP contribution in [0.15, 0.2) is 52.9 Å². The van der Waals surface area contributed by atoms with E-state index in [1.807, 2.05) is 36.4 Å². The van der Waals surface area contributed by atoms with E-state index in [0.717, 1.165) is 5.56 Å². The molecule has 25 heavy (non-hydrogen) atoms. The van der Waals surface area contributed by atoms with Gasteiger partial charge in [0.25, 0.3) is 0 Å². The van der Waals surface area contributed by atoms with E-state index in [-0.39, 0.29) is 18.3 Å². The van der Waals surface area contributed by atoms with Crippen LogP contribution in [0.5, 0.6) is 0 Å². The molecule has 2 heterocycles. The smallest absolute Gasteiger partial charge is 0.311 e. The molecule has 0 N–H and O–H groups in total. The van der Waals surface area contributed by atoms with Crippen LogP contribution in [0, 0.1) is 5.92 Å².